The zero-order chi connectivity index (χ0) is 19.5. The monoisotopic (exact) mass is 373 g/mol. The number of nitrogens with zero attached hydrogens (tertiary/aromatic N) is 1. The lowest BCUT2D eigenvalue weighted by molar-refractivity contribution is 0.324. The predicted octanol–water partition coefficient (Wildman–Crippen LogP) is 6.52. The lowest BCUT2D eigenvalue weighted by atomic mass is 10.0. The second-order valence-corrected chi connectivity index (χ2v) is 7.74. The van der Waals surface area contributed by atoms with E-state index in [4.69, 9.17) is 9.47 Å². The minimum Gasteiger partial charge on any atom is -0.491 e. The molecule has 0 saturated carbocycles. The fraction of sp³-hybridized carbons (Fsp3) is 0.280. The van der Waals surface area contributed by atoms with Gasteiger partial charge >= 0.3 is 0 Å². The molecule has 0 aliphatic carbocycles. The van der Waals surface area contributed by atoms with Crippen LogP contribution in [0.2, 0.25) is 0 Å². The van der Waals surface area contributed by atoms with Gasteiger partial charge in [0.2, 0.25) is 0 Å². The molecule has 0 atom stereocenters. The van der Waals surface area contributed by atoms with Gasteiger partial charge in [0.05, 0.1) is 17.9 Å². The number of benzene rings is 3. The zero-order valence-electron chi connectivity index (χ0n) is 16.8. The molecule has 0 fully saturated rings. The van der Waals surface area contributed by atoms with Gasteiger partial charge in [-0.2, -0.15) is 0 Å². The van der Waals surface area contributed by atoms with E-state index in [1.807, 2.05) is 36.4 Å². The molecule has 0 unspecified atom stereocenters. The number of para-hydroxylation sites is 4. The lowest BCUT2D eigenvalue weighted by Crippen LogP contribution is -2.26. The average molecular weight is 373 g/mol. The smallest absolute Gasteiger partial charge is 0.151 e. The van der Waals surface area contributed by atoms with Crippen molar-refractivity contribution in [2.24, 2.45) is 5.92 Å². The van der Waals surface area contributed by atoms with Crippen LogP contribution in [0.1, 0.15) is 25.0 Å². The molecule has 0 radical (unpaired) electrons. The van der Waals surface area contributed by atoms with Crippen molar-refractivity contribution in [3.63, 3.8) is 0 Å². The van der Waals surface area contributed by atoms with Gasteiger partial charge in [-0.1, -0.05) is 50.2 Å². The molecule has 144 valence electrons. The third-order valence-electron chi connectivity index (χ3n) is 4.99. The summed E-state index contributed by atoms with van der Waals surface area (Å²) in [5.41, 5.74) is 4.72. The number of rotatable bonds is 6. The van der Waals surface area contributed by atoms with Crippen molar-refractivity contribution in [1.82, 2.24) is 0 Å². The topological polar surface area (TPSA) is 21.7 Å². The fourth-order valence-electron chi connectivity index (χ4n) is 3.74. The van der Waals surface area contributed by atoms with Gasteiger partial charge in [-0.15, -0.1) is 0 Å². The first-order valence-electron chi connectivity index (χ1n) is 9.97. The molecule has 0 spiro atoms. The molecule has 0 saturated heterocycles. The normalized spacial score (nSPS) is 12.4. The molecule has 0 amide bonds. The Morgan fingerprint density at radius 2 is 1.54 bits per heavy atom. The summed E-state index contributed by atoms with van der Waals surface area (Å²) in [5, 5.41) is 0. The molecule has 28 heavy (non-hydrogen) atoms. The highest BCUT2D eigenvalue weighted by Crippen LogP contribution is 2.45. The summed E-state index contributed by atoms with van der Waals surface area (Å²) < 4.78 is 12.2. The van der Waals surface area contributed by atoms with Crippen molar-refractivity contribution in [1.29, 1.82) is 0 Å². The van der Waals surface area contributed by atoms with E-state index >= 15 is 0 Å². The Morgan fingerprint density at radius 1 is 0.893 bits per heavy atom. The number of anilines is 2. The first-order chi connectivity index (χ1) is 13.6. The minimum absolute atomic E-state index is 0.604. The third kappa shape index (κ3) is 3.84. The molecule has 1 aliphatic heterocycles. The molecule has 1 heterocycles. The first-order valence-corrected chi connectivity index (χ1v) is 9.97. The van der Waals surface area contributed by atoms with Crippen molar-refractivity contribution < 1.29 is 9.47 Å². The Labute approximate surface area is 167 Å². The van der Waals surface area contributed by atoms with E-state index in [2.05, 4.69) is 56.0 Å². The van der Waals surface area contributed by atoms with E-state index in [1.54, 1.807) is 0 Å². The number of aryl methyl sites for hydroxylation is 1. The summed E-state index contributed by atoms with van der Waals surface area (Å²) in [6.07, 6.45) is 1.10. The van der Waals surface area contributed by atoms with Crippen molar-refractivity contribution in [2.75, 3.05) is 18.1 Å². The molecule has 0 bridgehead atoms. The maximum absolute atomic E-state index is 6.15. The lowest BCUT2D eigenvalue weighted by Gasteiger charge is -2.32. The summed E-state index contributed by atoms with van der Waals surface area (Å²) in [6, 6.07) is 22.8. The van der Waals surface area contributed by atoms with E-state index < -0.39 is 0 Å². The van der Waals surface area contributed by atoms with Crippen molar-refractivity contribution in [3.05, 3.63) is 77.9 Å². The van der Waals surface area contributed by atoms with Crippen LogP contribution >= 0.6 is 0 Å². The SMILES string of the molecule is Cc1cc(CC(C)C)ccc1OCCN1c2ccccc2Oc2ccccc21. The number of fused-ring (bicyclic) bond motifs is 2. The van der Waals surface area contributed by atoms with E-state index in [1.165, 1.54) is 11.1 Å². The van der Waals surface area contributed by atoms with Crippen LogP contribution in [0.3, 0.4) is 0 Å². The van der Waals surface area contributed by atoms with Gasteiger partial charge in [0.25, 0.3) is 0 Å². The molecule has 3 aromatic carbocycles. The Kier molecular flexibility index (Phi) is 5.25. The number of hydrogen-bond acceptors (Lipinski definition) is 3. The van der Waals surface area contributed by atoms with Crippen LogP contribution in [-0.2, 0) is 6.42 Å². The maximum atomic E-state index is 6.15. The summed E-state index contributed by atoms with van der Waals surface area (Å²) in [7, 11) is 0. The van der Waals surface area contributed by atoms with E-state index in [0.29, 0.717) is 12.5 Å². The number of ether oxygens (including phenoxy) is 2. The second kappa shape index (κ2) is 7.97. The van der Waals surface area contributed by atoms with Crippen molar-refractivity contribution in [2.45, 2.75) is 27.2 Å². The Morgan fingerprint density at radius 3 is 2.14 bits per heavy atom. The van der Waals surface area contributed by atoms with Gasteiger partial charge in [0.1, 0.15) is 12.4 Å². The highest BCUT2D eigenvalue weighted by molar-refractivity contribution is 5.77. The van der Waals surface area contributed by atoms with Crippen molar-refractivity contribution >= 4 is 11.4 Å². The molecular weight excluding hydrogens is 346 g/mol. The molecule has 3 nitrogen and oxygen atoms in total. The summed E-state index contributed by atoms with van der Waals surface area (Å²) >= 11 is 0. The van der Waals surface area contributed by atoms with Crippen molar-refractivity contribution in [3.8, 4) is 17.2 Å². The highest BCUT2D eigenvalue weighted by atomic mass is 16.5. The quantitative estimate of drug-likeness (QED) is 0.491. The van der Waals surface area contributed by atoms with E-state index in [-0.39, 0.29) is 0 Å². The van der Waals surface area contributed by atoms with Gasteiger partial charge in [-0.25, -0.2) is 0 Å². The fourth-order valence-corrected chi connectivity index (χ4v) is 3.74. The van der Waals surface area contributed by atoms with E-state index in [9.17, 15) is 0 Å². The molecule has 0 aromatic heterocycles. The summed E-state index contributed by atoms with van der Waals surface area (Å²) in [4.78, 5) is 2.27. The minimum atomic E-state index is 0.604. The van der Waals surface area contributed by atoms with Crippen LogP contribution in [-0.4, -0.2) is 13.2 Å². The number of hydrogen-bond donors (Lipinski definition) is 0. The highest BCUT2D eigenvalue weighted by Gasteiger charge is 2.23. The third-order valence-corrected chi connectivity index (χ3v) is 4.99. The van der Waals surface area contributed by atoms with Gasteiger partial charge in [0, 0.05) is 0 Å². The van der Waals surface area contributed by atoms with Gasteiger partial charge in [-0.05, 0) is 60.7 Å². The van der Waals surface area contributed by atoms with Crippen LogP contribution in [0.5, 0.6) is 17.2 Å². The van der Waals surface area contributed by atoms with Crippen LogP contribution in [0, 0.1) is 12.8 Å². The van der Waals surface area contributed by atoms with Gasteiger partial charge in [-0.3, -0.25) is 0 Å². The molecule has 0 N–H and O–H groups in total. The Balaban J connectivity index is 1.49. The van der Waals surface area contributed by atoms with Gasteiger partial charge < -0.3 is 14.4 Å². The Hall–Kier alpha value is -2.94. The maximum Gasteiger partial charge on any atom is 0.151 e. The van der Waals surface area contributed by atoms with Crippen LogP contribution in [0.15, 0.2) is 66.7 Å². The Bertz CT molecular complexity index is 919. The largest absolute Gasteiger partial charge is 0.491 e. The zero-order valence-corrected chi connectivity index (χ0v) is 16.8. The molecule has 1 aliphatic rings. The summed E-state index contributed by atoms with van der Waals surface area (Å²) in [6.45, 7) is 7.98. The average Bonchev–Trinajstić information content (AvgIpc) is 2.68. The second-order valence-electron chi connectivity index (χ2n) is 7.74. The van der Waals surface area contributed by atoms with Crippen LogP contribution in [0.4, 0.5) is 11.4 Å². The first kappa shape index (κ1) is 18.4. The molecule has 3 heteroatoms. The molecule has 4 rings (SSSR count). The molecule has 3 aromatic rings. The van der Waals surface area contributed by atoms with Crippen LogP contribution in [0.25, 0.3) is 0 Å². The van der Waals surface area contributed by atoms with E-state index in [0.717, 1.165) is 41.6 Å². The standard InChI is InChI=1S/C25H27NO2/c1-18(2)16-20-12-13-23(19(3)17-20)27-15-14-26-21-8-4-6-10-24(21)28-25-11-7-5-9-22(25)26/h4-13,17-18H,14-16H2,1-3H3. The molecular formula is C25H27NO2. The van der Waals surface area contributed by atoms with Gasteiger partial charge in [0.15, 0.2) is 11.5 Å². The predicted molar refractivity (Wildman–Crippen MR) is 115 cm³/mol. The summed E-state index contributed by atoms with van der Waals surface area (Å²) in [5.74, 6) is 3.39. The van der Waals surface area contributed by atoms with Crippen LogP contribution < -0.4 is 14.4 Å².